The molecular weight excluding hydrogens is 296 g/mol. The molecule has 1 aromatic heterocycles. The van der Waals surface area contributed by atoms with Crippen molar-refractivity contribution >= 4 is 27.3 Å². The molecule has 3 aromatic rings. The van der Waals surface area contributed by atoms with Crippen molar-refractivity contribution in [3.63, 3.8) is 0 Å². The Morgan fingerprint density at radius 1 is 1.14 bits per heavy atom. The average molecular weight is 312 g/mol. The number of rotatable bonds is 5. The third-order valence-corrected chi connectivity index (χ3v) is 4.50. The molecule has 0 amide bonds. The van der Waals surface area contributed by atoms with Crippen LogP contribution in [-0.2, 0) is 6.61 Å². The quantitative estimate of drug-likeness (QED) is 0.556. The molecule has 0 fully saturated rings. The molecule has 0 atom stereocenters. The molecular formula is C17H16N2O2S. The van der Waals surface area contributed by atoms with E-state index < -0.39 is 0 Å². The van der Waals surface area contributed by atoms with Crippen LogP contribution in [0, 0.1) is 5.41 Å². The molecule has 0 aliphatic heterocycles. The van der Waals surface area contributed by atoms with E-state index in [0.717, 1.165) is 32.0 Å². The van der Waals surface area contributed by atoms with E-state index in [1.807, 2.05) is 48.5 Å². The van der Waals surface area contributed by atoms with Gasteiger partial charge < -0.3 is 15.2 Å². The van der Waals surface area contributed by atoms with Crippen LogP contribution in [0.3, 0.4) is 0 Å². The molecule has 3 N–H and O–H groups in total. The number of amidine groups is 1. The predicted molar refractivity (Wildman–Crippen MR) is 90.2 cm³/mol. The number of ether oxygens (including phenoxy) is 2. The summed E-state index contributed by atoms with van der Waals surface area (Å²) in [5.41, 5.74) is 6.56. The summed E-state index contributed by atoms with van der Waals surface area (Å²) >= 11 is 1.49. The second-order valence-electron chi connectivity index (χ2n) is 4.79. The first kappa shape index (κ1) is 14.4. The molecule has 112 valence electrons. The maximum atomic E-state index is 7.56. The van der Waals surface area contributed by atoms with Crippen molar-refractivity contribution in [1.82, 2.24) is 0 Å². The van der Waals surface area contributed by atoms with E-state index in [2.05, 4.69) is 0 Å². The number of methoxy groups -OCH3 is 1. The molecule has 1 heterocycles. The first-order valence-electron chi connectivity index (χ1n) is 6.80. The summed E-state index contributed by atoms with van der Waals surface area (Å²) in [6.07, 6.45) is 0. The SMILES string of the molecule is COc1ccccc1COc1cccc2sc(C(=N)N)cc12. The highest BCUT2D eigenvalue weighted by molar-refractivity contribution is 7.20. The highest BCUT2D eigenvalue weighted by atomic mass is 32.1. The van der Waals surface area contributed by atoms with Gasteiger partial charge in [0.15, 0.2) is 0 Å². The van der Waals surface area contributed by atoms with Gasteiger partial charge in [-0.2, -0.15) is 0 Å². The molecule has 0 unspecified atom stereocenters. The van der Waals surface area contributed by atoms with Crippen LogP contribution in [0.2, 0.25) is 0 Å². The first-order valence-corrected chi connectivity index (χ1v) is 7.62. The van der Waals surface area contributed by atoms with Gasteiger partial charge in [-0.25, -0.2) is 0 Å². The Morgan fingerprint density at radius 2 is 1.91 bits per heavy atom. The van der Waals surface area contributed by atoms with Crippen molar-refractivity contribution in [2.45, 2.75) is 6.61 Å². The minimum absolute atomic E-state index is 0.0804. The molecule has 2 aromatic carbocycles. The second kappa shape index (κ2) is 6.07. The lowest BCUT2D eigenvalue weighted by molar-refractivity contribution is 0.300. The van der Waals surface area contributed by atoms with Crippen molar-refractivity contribution in [2.75, 3.05) is 7.11 Å². The first-order chi connectivity index (χ1) is 10.7. The summed E-state index contributed by atoms with van der Waals surface area (Å²) in [6, 6.07) is 15.6. The Morgan fingerprint density at radius 3 is 2.68 bits per heavy atom. The largest absolute Gasteiger partial charge is 0.496 e. The molecule has 0 aliphatic rings. The minimum atomic E-state index is 0.0804. The predicted octanol–water partition coefficient (Wildman–Crippen LogP) is 3.77. The number of nitrogens with one attached hydrogen (secondary N) is 1. The van der Waals surface area contributed by atoms with Gasteiger partial charge >= 0.3 is 0 Å². The number of thiophene rings is 1. The molecule has 4 nitrogen and oxygen atoms in total. The smallest absolute Gasteiger partial charge is 0.133 e. The Kier molecular flexibility index (Phi) is 3.98. The van der Waals surface area contributed by atoms with Gasteiger partial charge in [-0.1, -0.05) is 24.3 Å². The van der Waals surface area contributed by atoms with Crippen LogP contribution in [0.15, 0.2) is 48.5 Å². The van der Waals surface area contributed by atoms with E-state index in [1.165, 1.54) is 11.3 Å². The van der Waals surface area contributed by atoms with Gasteiger partial charge in [0.05, 0.1) is 12.0 Å². The average Bonchev–Trinajstić information content (AvgIpc) is 2.98. The Hall–Kier alpha value is -2.53. The van der Waals surface area contributed by atoms with Gasteiger partial charge in [-0.05, 0) is 24.3 Å². The number of para-hydroxylation sites is 1. The van der Waals surface area contributed by atoms with Crippen molar-refractivity contribution < 1.29 is 9.47 Å². The Bertz CT molecular complexity index is 826. The zero-order valence-corrected chi connectivity index (χ0v) is 12.9. The normalized spacial score (nSPS) is 10.6. The highest BCUT2D eigenvalue weighted by Gasteiger charge is 2.10. The zero-order valence-electron chi connectivity index (χ0n) is 12.1. The summed E-state index contributed by atoms with van der Waals surface area (Å²) in [4.78, 5) is 0.753. The number of nitrogens with two attached hydrogens (primary N) is 1. The maximum absolute atomic E-state index is 7.56. The number of fused-ring (bicyclic) bond motifs is 1. The number of hydrogen-bond acceptors (Lipinski definition) is 4. The molecule has 0 radical (unpaired) electrons. The standard InChI is InChI=1S/C17H16N2O2S/c1-20-13-6-3-2-5-11(13)10-21-14-7-4-8-15-12(14)9-16(22-15)17(18)19/h2-9H,10H2,1H3,(H3,18,19). The van der Waals surface area contributed by atoms with Gasteiger partial charge in [0.1, 0.15) is 23.9 Å². The third-order valence-electron chi connectivity index (χ3n) is 3.36. The van der Waals surface area contributed by atoms with E-state index in [9.17, 15) is 0 Å². The number of hydrogen-bond donors (Lipinski definition) is 2. The van der Waals surface area contributed by atoms with Crippen molar-refractivity contribution in [3.8, 4) is 11.5 Å². The summed E-state index contributed by atoms with van der Waals surface area (Å²) in [7, 11) is 1.65. The van der Waals surface area contributed by atoms with Crippen LogP contribution in [0.25, 0.3) is 10.1 Å². The van der Waals surface area contributed by atoms with E-state index >= 15 is 0 Å². The second-order valence-corrected chi connectivity index (χ2v) is 5.88. The summed E-state index contributed by atoms with van der Waals surface area (Å²) in [6.45, 7) is 0.425. The van der Waals surface area contributed by atoms with Crippen LogP contribution >= 0.6 is 11.3 Å². The van der Waals surface area contributed by atoms with Gasteiger partial charge in [-0.15, -0.1) is 11.3 Å². The fourth-order valence-corrected chi connectivity index (χ4v) is 3.21. The molecule has 0 saturated heterocycles. The summed E-state index contributed by atoms with van der Waals surface area (Å²) in [5, 5.41) is 8.54. The molecule has 22 heavy (non-hydrogen) atoms. The maximum Gasteiger partial charge on any atom is 0.133 e. The van der Waals surface area contributed by atoms with E-state index in [0.29, 0.717) is 6.61 Å². The topological polar surface area (TPSA) is 68.3 Å². The van der Waals surface area contributed by atoms with Crippen LogP contribution in [-0.4, -0.2) is 12.9 Å². The number of nitrogen functional groups attached to an aromatic ring is 1. The molecule has 0 bridgehead atoms. The Labute approximate surface area is 132 Å². The lowest BCUT2D eigenvalue weighted by Crippen LogP contribution is -2.08. The van der Waals surface area contributed by atoms with E-state index in [4.69, 9.17) is 20.6 Å². The fraction of sp³-hybridized carbons (Fsp3) is 0.118. The van der Waals surface area contributed by atoms with Gasteiger partial charge in [-0.3, -0.25) is 5.41 Å². The van der Waals surface area contributed by atoms with Gasteiger partial charge in [0.2, 0.25) is 0 Å². The van der Waals surface area contributed by atoms with Crippen LogP contribution in [0.1, 0.15) is 10.4 Å². The van der Waals surface area contributed by atoms with Crippen LogP contribution < -0.4 is 15.2 Å². The van der Waals surface area contributed by atoms with Crippen molar-refractivity contribution in [1.29, 1.82) is 5.41 Å². The molecule has 0 aliphatic carbocycles. The van der Waals surface area contributed by atoms with Gasteiger partial charge in [0, 0.05) is 15.6 Å². The third kappa shape index (κ3) is 2.76. The Balaban J connectivity index is 1.89. The minimum Gasteiger partial charge on any atom is -0.496 e. The van der Waals surface area contributed by atoms with E-state index in [1.54, 1.807) is 7.11 Å². The molecule has 0 spiro atoms. The zero-order chi connectivity index (χ0) is 15.5. The molecule has 5 heteroatoms. The van der Waals surface area contributed by atoms with Crippen LogP contribution in [0.5, 0.6) is 11.5 Å². The fourth-order valence-electron chi connectivity index (χ4n) is 2.27. The molecule has 0 saturated carbocycles. The molecule has 3 rings (SSSR count). The summed E-state index contributed by atoms with van der Waals surface area (Å²) in [5.74, 6) is 1.67. The lowest BCUT2D eigenvalue weighted by atomic mass is 10.2. The summed E-state index contributed by atoms with van der Waals surface area (Å²) < 4.78 is 12.3. The number of benzene rings is 2. The van der Waals surface area contributed by atoms with Crippen molar-refractivity contribution in [3.05, 3.63) is 59.0 Å². The van der Waals surface area contributed by atoms with E-state index in [-0.39, 0.29) is 5.84 Å². The van der Waals surface area contributed by atoms with Crippen LogP contribution in [0.4, 0.5) is 0 Å². The van der Waals surface area contributed by atoms with Gasteiger partial charge in [0.25, 0.3) is 0 Å². The lowest BCUT2D eigenvalue weighted by Gasteiger charge is -2.10. The van der Waals surface area contributed by atoms with Crippen molar-refractivity contribution in [2.24, 2.45) is 5.73 Å². The monoisotopic (exact) mass is 312 g/mol. The highest BCUT2D eigenvalue weighted by Crippen LogP contribution is 2.33.